The largest absolute Gasteiger partial charge is 0.370 e. The molecule has 1 nitrogen and oxygen atoms in total. The molecule has 21 heavy (non-hydrogen) atoms. The standard InChI is InChI=1S/C19H25FO/c1-3-5-6-15-7-12-18(19(20)14-15)16-8-10-17(11-9-16)21-13-4-2/h4,7-8,10,12,14,16-17H,2-3,5-6,9,11,13H2,1H3. The van der Waals surface area contributed by atoms with E-state index < -0.39 is 0 Å². The molecular weight excluding hydrogens is 263 g/mol. The van der Waals surface area contributed by atoms with Crippen LogP contribution in [0, 0.1) is 5.82 Å². The molecule has 0 spiro atoms. The third-order valence-electron chi connectivity index (χ3n) is 4.03. The van der Waals surface area contributed by atoms with Crippen molar-refractivity contribution in [1.29, 1.82) is 0 Å². The number of ether oxygens (including phenoxy) is 1. The van der Waals surface area contributed by atoms with Crippen molar-refractivity contribution in [2.75, 3.05) is 6.61 Å². The molecule has 0 fully saturated rings. The van der Waals surface area contributed by atoms with E-state index in [1.807, 2.05) is 6.07 Å². The molecule has 114 valence electrons. The van der Waals surface area contributed by atoms with Gasteiger partial charge in [0.05, 0.1) is 12.7 Å². The molecule has 0 amide bonds. The van der Waals surface area contributed by atoms with E-state index >= 15 is 0 Å². The maximum absolute atomic E-state index is 14.3. The minimum absolute atomic E-state index is 0.0660. The second kappa shape index (κ2) is 8.14. The van der Waals surface area contributed by atoms with E-state index in [4.69, 9.17) is 4.74 Å². The van der Waals surface area contributed by atoms with Gasteiger partial charge in [-0.15, -0.1) is 6.58 Å². The Morgan fingerprint density at radius 1 is 1.33 bits per heavy atom. The van der Waals surface area contributed by atoms with E-state index in [1.54, 1.807) is 12.1 Å². The van der Waals surface area contributed by atoms with Crippen LogP contribution in [-0.4, -0.2) is 12.7 Å². The lowest BCUT2D eigenvalue weighted by Crippen LogP contribution is -2.16. The average Bonchev–Trinajstić information content (AvgIpc) is 2.52. The van der Waals surface area contributed by atoms with Gasteiger partial charge >= 0.3 is 0 Å². The molecule has 0 aromatic heterocycles. The molecule has 0 bridgehead atoms. The summed E-state index contributed by atoms with van der Waals surface area (Å²) >= 11 is 0. The molecule has 2 rings (SSSR count). The Kier molecular flexibility index (Phi) is 6.19. The topological polar surface area (TPSA) is 9.23 Å². The lowest BCUT2D eigenvalue weighted by atomic mass is 9.87. The predicted molar refractivity (Wildman–Crippen MR) is 86.1 cm³/mol. The van der Waals surface area contributed by atoms with Crippen molar-refractivity contribution in [3.05, 3.63) is 60.0 Å². The second-order valence-electron chi connectivity index (χ2n) is 5.69. The molecular formula is C19H25FO. The highest BCUT2D eigenvalue weighted by molar-refractivity contribution is 5.31. The number of rotatable bonds is 7. The Hall–Kier alpha value is -1.41. The zero-order valence-corrected chi connectivity index (χ0v) is 12.9. The van der Waals surface area contributed by atoms with E-state index in [-0.39, 0.29) is 17.8 Å². The van der Waals surface area contributed by atoms with Crippen molar-refractivity contribution in [3.8, 4) is 0 Å². The molecule has 0 aliphatic heterocycles. The van der Waals surface area contributed by atoms with Gasteiger partial charge in [0.2, 0.25) is 0 Å². The van der Waals surface area contributed by atoms with Crippen LogP contribution in [0.4, 0.5) is 4.39 Å². The summed E-state index contributed by atoms with van der Waals surface area (Å²) in [6, 6.07) is 5.74. The van der Waals surface area contributed by atoms with Crippen LogP contribution in [0.5, 0.6) is 0 Å². The summed E-state index contributed by atoms with van der Waals surface area (Å²) in [6.45, 7) is 6.37. The monoisotopic (exact) mass is 288 g/mol. The molecule has 0 saturated heterocycles. The van der Waals surface area contributed by atoms with E-state index in [0.29, 0.717) is 6.61 Å². The van der Waals surface area contributed by atoms with Crippen LogP contribution < -0.4 is 0 Å². The number of allylic oxidation sites excluding steroid dienone is 1. The summed E-state index contributed by atoms with van der Waals surface area (Å²) in [7, 11) is 0. The highest BCUT2D eigenvalue weighted by Crippen LogP contribution is 2.31. The zero-order chi connectivity index (χ0) is 15.1. The normalized spacial score (nSPS) is 21.4. The molecule has 0 radical (unpaired) electrons. The zero-order valence-electron chi connectivity index (χ0n) is 12.9. The minimum atomic E-state index is -0.0660. The Morgan fingerprint density at radius 3 is 2.81 bits per heavy atom. The Bertz CT molecular complexity index is 492. The van der Waals surface area contributed by atoms with E-state index in [1.165, 1.54) is 0 Å². The quantitative estimate of drug-likeness (QED) is 0.629. The molecule has 0 heterocycles. The highest BCUT2D eigenvalue weighted by atomic mass is 19.1. The number of hydrogen-bond acceptors (Lipinski definition) is 1. The number of aryl methyl sites for hydroxylation is 1. The fourth-order valence-electron chi connectivity index (χ4n) is 2.79. The highest BCUT2D eigenvalue weighted by Gasteiger charge is 2.19. The van der Waals surface area contributed by atoms with Gasteiger partial charge in [-0.1, -0.05) is 43.7 Å². The number of unbranched alkanes of at least 4 members (excludes halogenated alkanes) is 1. The smallest absolute Gasteiger partial charge is 0.127 e. The first-order chi connectivity index (χ1) is 10.2. The molecule has 0 N–H and O–H groups in total. The molecule has 2 unspecified atom stereocenters. The van der Waals surface area contributed by atoms with E-state index in [2.05, 4.69) is 31.7 Å². The molecule has 2 heteroatoms. The maximum Gasteiger partial charge on any atom is 0.127 e. The molecule has 1 aromatic carbocycles. The van der Waals surface area contributed by atoms with Gasteiger partial charge in [-0.2, -0.15) is 0 Å². The first-order valence-electron chi connectivity index (χ1n) is 7.93. The van der Waals surface area contributed by atoms with Crippen molar-refractivity contribution in [1.82, 2.24) is 0 Å². The average molecular weight is 288 g/mol. The molecule has 2 atom stereocenters. The SMILES string of the molecule is C=CCOC1C=CC(c2ccc(CCCC)cc2F)CC1. The molecule has 1 aliphatic rings. The summed E-state index contributed by atoms with van der Waals surface area (Å²) in [5.41, 5.74) is 1.92. The predicted octanol–water partition coefficient (Wildman–Crippen LogP) is 5.17. The van der Waals surface area contributed by atoms with Crippen molar-refractivity contribution < 1.29 is 9.13 Å². The van der Waals surface area contributed by atoms with Crippen LogP contribution in [0.2, 0.25) is 0 Å². The van der Waals surface area contributed by atoms with Gasteiger partial charge in [0.1, 0.15) is 5.82 Å². The third-order valence-corrected chi connectivity index (χ3v) is 4.03. The fraction of sp³-hybridized carbons (Fsp3) is 0.474. The third kappa shape index (κ3) is 4.53. The first kappa shape index (κ1) is 16.0. The minimum Gasteiger partial charge on any atom is -0.370 e. The second-order valence-corrected chi connectivity index (χ2v) is 5.69. The van der Waals surface area contributed by atoms with Crippen molar-refractivity contribution in [2.45, 2.75) is 51.0 Å². The first-order valence-corrected chi connectivity index (χ1v) is 7.93. The number of benzene rings is 1. The fourth-order valence-corrected chi connectivity index (χ4v) is 2.79. The van der Waals surface area contributed by atoms with Crippen LogP contribution in [0.1, 0.15) is 49.7 Å². The van der Waals surface area contributed by atoms with Crippen LogP contribution in [-0.2, 0) is 11.2 Å². The van der Waals surface area contributed by atoms with Gasteiger partial charge in [0, 0.05) is 5.92 Å². The Labute approximate surface area is 127 Å². The number of hydrogen-bond donors (Lipinski definition) is 0. The van der Waals surface area contributed by atoms with E-state index in [0.717, 1.165) is 43.2 Å². The Morgan fingerprint density at radius 2 is 2.19 bits per heavy atom. The van der Waals surface area contributed by atoms with Gasteiger partial charge in [-0.05, 0) is 42.9 Å². The van der Waals surface area contributed by atoms with Crippen LogP contribution in [0.15, 0.2) is 43.0 Å². The summed E-state index contributed by atoms with van der Waals surface area (Å²) in [5.74, 6) is 0.109. The lowest BCUT2D eigenvalue weighted by Gasteiger charge is -2.23. The lowest BCUT2D eigenvalue weighted by molar-refractivity contribution is 0.0963. The van der Waals surface area contributed by atoms with Crippen molar-refractivity contribution >= 4 is 0 Å². The van der Waals surface area contributed by atoms with Crippen LogP contribution in [0.25, 0.3) is 0 Å². The summed E-state index contributed by atoms with van der Waals surface area (Å²) < 4.78 is 19.9. The van der Waals surface area contributed by atoms with Gasteiger partial charge in [0.25, 0.3) is 0 Å². The van der Waals surface area contributed by atoms with Gasteiger partial charge in [-0.25, -0.2) is 4.39 Å². The maximum atomic E-state index is 14.3. The van der Waals surface area contributed by atoms with Crippen molar-refractivity contribution in [2.24, 2.45) is 0 Å². The summed E-state index contributed by atoms with van der Waals surface area (Å²) in [5, 5.41) is 0. The summed E-state index contributed by atoms with van der Waals surface area (Å²) in [4.78, 5) is 0. The molecule has 0 saturated carbocycles. The Balaban J connectivity index is 2.01. The van der Waals surface area contributed by atoms with Crippen LogP contribution in [0.3, 0.4) is 0 Å². The van der Waals surface area contributed by atoms with Crippen LogP contribution >= 0.6 is 0 Å². The van der Waals surface area contributed by atoms with E-state index in [9.17, 15) is 4.39 Å². The molecule has 1 aliphatic carbocycles. The van der Waals surface area contributed by atoms with Gasteiger partial charge < -0.3 is 4.74 Å². The van der Waals surface area contributed by atoms with Gasteiger partial charge in [0.15, 0.2) is 0 Å². The summed E-state index contributed by atoms with van der Waals surface area (Å²) in [6.07, 6.45) is 11.1. The molecule has 1 aromatic rings. The van der Waals surface area contributed by atoms with Gasteiger partial charge in [-0.3, -0.25) is 0 Å². The number of halogens is 1. The van der Waals surface area contributed by atoms with Crippen molar-refractivity contribution in [3.63, 3.8) is 0 Å².